The van der Waals surface area contributed by atoms with Gasteiger partial charge >= 0.3 is 6.18 Å². The summed E-state index contributed by atoms with van der Waals surface area (Å²) in [7, 11) is 0. The highest BCUT2D eigenvalue weighted by Crippen LogP contribution is 2.30. The number of hydrogen-bond acceptors (Lipinski definition) is 2. The summed E-state index contributed by atoms with van der Waals surface area (Å²) in [6.07, 6.45) is 4.25. The molecule has 1 aromatic heterocycles. The van der Waals surface area contributed by atoms with Crippen molar-refractivity contribution in [1.82, 2.24) is 15.6 Å². The molecule has 0 radical (unpaired) electrons. The Kier molecular flexibility index (Phi) is 7.24. The lowest BCUT2D eigenvalue weighted by Gasteiger charge is -2.24. The maximum atomic E-state index is 12.4. The summed E-state index contributed by atoms with van der Waals surface area (Å²) in [6, 6.07) is 1.88. The Morgan fingerprint density at radius 1 is 1.07 bits per heavy atom. The van der Waals surface area contributed by atoms with Gasteiger partial charge in [-0.1, -0.05) is 19.3 Å². The van der Waals surface area contributed by atoms with Crippen LogP contribution in [-0.2, 0) is 11.2 Å². The summed E-state index contributed by atoms with van der Waals surface area (Å²) < 4.78 is 36.3. The van der Waals surface area contributed by atoms with Gasteiger partial charge in [-0.2, -0.15) is 13.2 Å². The summed E-state index contributed by atoms with van der Waals surface area (Å²) in [4.78, 5) is 27.4. The fourth-order valence-corrected chi connectivity index (χ4v) is 4.14. The van der Waals surface area contributed by atoms with E-state index in [1.54, 1.807) is 0 Å². The van der Waals surface area contributed by atoms with Crippen molar-refractivity contribution in [3.8, 4) is 0 Å². The van der Waals surface area contributed by atoms with Crippen molar-refractivity contribution in [3.63, 3.8) is 0 Å². The van der Waals surface area contributed by atoms with Gasteiger partial charge in [-0.05, 0) is 56.1 Å². The average Bonchev–Trinajstić information content (AvgIpc) is 3.24. The minimum absolute atomic E-state index is 0.00332. The van der Waals surface area contributed by atoms with E-state index in [2.05, 4.69) is 15.6 Å². The lowest BCUT2D eigenvalue weighted by Crippen LogP contribution is -2.37. The van der Waals surface area contributed by atoms with Crippen LogP contribution in [0.5, 0.6) is 0 Å². The minimum Gasteiger partial charge on any atom is -0.357 e. The molecule has 0 aromatic carbocycles. The highest BCUT2D eigenvalue weighted by atomic mass is 19.4. The zero-order chi connectivity index (χ0) is 20.9. The number of rotatable bonds is 9. The van der Waals surface area contributed by atoms with Gasteiger partial charge < -0.3 is 15.6 Å². The number of aromatic nitrogens is 1. The first kappa shape index (κ1) is 21.7. The van der Waals surface area contributed by atoms with E-state index in [4.69, 9.17) is 0 Å². The third kappa shape index (κ3) is 7.08. The molecule has 2 amide bonds. The Bertz CT molecular complexity index is 698. The van der Waals surface area contributed by atoms with Crippen molar-refractivity contribution in [2.45, 2.75) is 88.9 Å². The largest absolute Gasteiger partial charge is 0.389 e. The minimum atomic E-state index is -4.16. The number of alkyl halides is 3. The third-order valence-electron chi connectivity index (χ3n) is 5.98. The van der Waals surface area contributed by atoms with E-state index < -0.39 is 12.6 Å². The van der Waals surface area contributed by atoms with Crippen LogP contribution in [0.1, 0.15) is 80.3 Å². The van der Waals surface area contributed by atoms with Gasteiger partial charge in [0.25, 0.3) is 5.91 Å². The molecule has 1 aromatic rings. The van der Waals surface area contributed by atoms with Crippen LogP contribution in [0.25, 0.3) is 0 Å². The second-order valence-corrected chi connectivity index (χ2v) is 8.49. The van der Waals surface area contributed by atoms with Gasteiger partial charge in [0.05, 0.1) is 0 Å². The Balaban J connectivity index is 1.34. The van der Waals surface area contributed by atoms with E-state index in [0.29, 0.717) is 12.1 Å². The van der Waals surface area contributed by atoms with E-state index in [1.165, 1.54) is 24.8 Å². The number of carbonyl (C=O) groups is 2. The second kappa shape index (κ2) is 9.67. The van der Waals surface area contributed by atoms with Gasteiger partial charge in [0, 0.05) is 31.1 Å². The SMILES string of the molecule is O=C(CCCCC(F)(F)F)N[C@@H]1CC[C@H](NC(=O)c2cc(CC3CCC3)c[nH]2)C1. The van der Waals surface area contributed by atoms with Crippen molar-refractivity contribution >= 4 is 11.8 Å². The van der Waals surface area contributed by atoms with Gasteiger partial charge in [0.2, 0.25) is 5.91 Å². The fourth-order valence-electron chi connectivity index (χ4n) is 4.14. The number of unbranched alkanes of at least 4 members (excludes halogenated alkanes) is 1. The summed E-state index contributed by atoms with van der Waals surface area (Å²) >= 11 is 0. The highest BCUT2D eigenvalue weighted by Gasteiger charge is 2.28. The van der Waals surface area contributed by atoms with Crippen LogP contribution in [0.15, 0.2) is 12.3 Å². The van der Waals surface area contributed by atoms with E-state index in [9.17, 15) is 22.8 Å². The molecular weight excluding hydrogens is 383 g/mol. The molecule has 2 fully saturated rings. The van der Waals surface area contributed by atoms with Crippen LogP contribution in [0.4, 0.5) is 13.2 Å². The van der Waals surface area contributed by atoms with Crippen LogP contribution in [0.2, 0.25) is 0 Å². The van der Waals surface area contributed by atoms with Crippen LogP contribution >= 0.6 is 0 Å². The summed E-state index contributed by atoms with van der Waals surface area (Å²) in [5, 5.41) is 5.89. The van der Waals surface area contributed by atoms with Crippen molar-refractivity contribution in [1.29, 1.82) is 0 Å². The van der Waals surface area contributed by atoms with Crippen LogP contribution in [-0.4, -0.2) is 35.1 Å². The lowest BCUT2D eigenvalue weighted by atomic mass is 9.81. The first-order valence-electron chi connectivity index (χ1n) is 10.6. The highest BCUT2D eigenvalue weighted by molar-refractivity contribution is 5.92. The van der Waals surface area contributed by atoms with Gasteiger partial charge in [-0.3, -0.25) is 9.59 Å². The Morgan fingerprint density at radius 2 is 1.79 bits per heavy atom. The molecule has 5 nitrogen and oxygen atoms in total. The Labute approximate surface area is 169 Å². The zero-order valence-electron chi connectivity index (χ0n) is 16.6. The predicted octanol–water partition coefficient (Wildman–Crippen LogP) is 4.25. The number of halogens is 3. The molecule has 162 valence electrons. The quantitative estimate of drug-likeness (QED) is 0.530. The second-order valence-electron chi connectivity index (χ2n) is 8.49. The summed E-state index contributed by atoms with van der Waals surface area (Å²) in [5.74, 6) is 0.400. The third-order valence-corrected chi connectivity index (χ3v) is 5.98. The van der Waals surface area contributed by atoms with E-state index in [-0.39, 0.29) is 43.2 Å². The number of H-pyrrole nitrogens is 1. The maximum absolute atomic E-state index is 12.4. The molecule has 2 aliphatic carbocycles. The standard InChI is InChI=1S/C21H30F3N3O2/c22-21(23,24)9-2-1-6-19(28)26-16-7-8-17(12-16)27-20(29)18-11-15(13-25-18)10-14-4-3-5-14/h11,13-14,16-17,25H,1-10,12H2,(H,26,28)(H,27,29)/t16-,17+/m1/s1. The molecule has 0 unspecified atom stereocenters. The van der Waals surface area contributed by atoms with E-state index in [1.807, 2.05) is 12.3 Å². The number of aromatic amines is 1. The number of nitrogens with one attached hydrogen (secondary N) is 3. The summed E-state index contributed by atoms with van der Waals surface area (Å²) in [6.45, 7) is 0. The molecule has 3 rings (SSSR count). The normalized spacial score (nSPS) is 22.3. The molecule has 2 aliphatic rings. The van der Waals surface area contributed by atoms with Gasteiger partial charge in [-0.15, -0.1) is 0 Å². The van der Waals surface area contributed by atoms with Crippen molar-refractivity contribution < 1.29 is 22.8 Å². The lowest BCUT2D eigenvalue weighted by molar-refractivity contribution is -0.136. The predicted molar refractivity (Wildman–Crippen MR) is 103 cm³/mol. The van der Waals surface area contributed by atoms with Crippen LogP contribution < -0.4 is 10.6 Å². The molecule has 3 N–H and O–H groups in total. The van der Waals surface area contributed by atoms with Gasteiger partial charge in [0.15, 0.2) is 0 Å². The Hall–Kier alpha value is -1.99. The number of amides is 2. The molecule has 2 atom stereocenters. The monoisotopic (exact) mass is 413 g/mol. The van der Waals surface area contributed by atoms with Crippen molar-refractivity contribution in [2.75, 3.05) is 0 Å². The molecular formula is C21H30F3N3O2. The fraction of sp³-hybridized carbons (Fsp3) is 0.714. The molecule has 0 spiro atoms. The topological polar surface area (TPSA) is 74.0 Å². The Morgan fingerprint density at radius 3 is 2.45 bits per heavy atom. The average molecular weight is 413 g/mol. The van der Waals surface area contributed by atoms with Crippen molar-refractivity contribution in [2.24, 2.45) is 5.92 Å². The van der Waals surface area contributed by atoms with Crippen LogP contribution in [0, 0.1) is 5.92 Å². The summed E-state index contributed by atoms with van der Waals surface area (Å²) in [5.41, 5.74) is 1.73. The molecule has 0 bridgehead atoms. The molecule has 1 heterocycles. The molecule has 0 saturated heterocycles. The number of carbonyl (C=O) groups excluding carboxylic acids is 2. The smallest absolute Gasteiger partial charge is 0.357 e. The molecule has 2 saturated carbocycles. The first-order valence-corrected chi connectivity index (χ1v) is 10.6. The van der Waals surface area contributed by atoms with E-state index in [0.717, 1.165) is 25.2 Å². The zero-order valence-corrected chi connectivity index (χ0v) is 16.6. The van der Waals surface area contributed by atoms with Crippen LogP contribution in [0.3, 0.4) is 0 Å². The molecule has 8 heteroatoms. The molecule has 29 heavy (non-hydrogen) atoms. The number of hydrogen-bond donors (Lipinski definition) is 3. The van der Waals surface area contributed by atoms with Gasteiger partial charge in [0.1, 0.15) is 5.69 Å². The first-order chi connectivity index (χ1) is 13.8. The molecule has 0 aliphatic heterocycles. The van der Waals surface area contributed by atoms with Crippen molar-refractivity contribution in [3.05, 3.63) is 23.5 Å². The maximum Gasteiger partial charge on any atom is 0.389 e. The van der Waals surface area contributed by atoms with Gasteiger partial charge in [-0.25, -0.2) is 0 Å². The van der Waals surface area contributed by atoms with E-state index >= 15 is 0 Å².